The Bertz CT molecular complexity index is 422. The number of aryl methyl sites for hydroxylation is 1. The van der Waals surface area contributed by atoms with E-state index in [-0.39, 0.29) is 5.78 Å². The first-order valence-corrected chi connectivity index (χ1v) is 6.78. The molecule has 0 N–H and O–H groups in total. The van der Waals surface area contributed by atoms with Crippen LogP contribution in [0, 0.1) is 0 Å². The van der Waals surface area contributed by atoms with Crippen molar-refractivity contribution in [2.45, 2.75) is 45.3 Å². The van der Waals surface area contributed by atoms with Crippen LogP contribution in [0.15, 0.2) is 10.7 Å². The Morgan fingerprint density at radius 2 is 2.41 bits per heavy atom. The molecule has 0 spiro atoms. The molecule has 1 saturated heterocycles. The normalized spacial score (nSPS) is 24.9. The predicted molar refractivity (Wildman–Crippen MR) is 68.1 cm³/mol. The first-order valence-electron chi connectivity index (χ1n) is 5.98. The Morgan fingerprint density at radius 3 is 3.00 bits per heavy atom. The van der Waals surface area contributed by atoms with Crippen molar-refractivity contribution in [3.63, 3.8) is 0 Å². The highest BCUT2D eigenvalue weighted by atomic mass is 79.9. The summed E-state index contributed by atoms with van der Waals surface area (Å²) in [4.78, 5) is 12.6. The van der Waals surface area contributed by atoms with Crippen LogP contribution in [0.5, 0.6) is 0 Å². The van der Waals surface area contributed by atoms with Crippen molar-refractivity contribution in [2.75, 3.05) is 6.61 Å². The lowest BCUT2D eigenvalue weighted by Crippen LogP contribution is -2.42. The van der Waals surface area contributed by atoms with Crippen molar-refractivity contribution in [3.8, 4) is 0 Å². The summed E-state index contributed by atoms with van der Waals surface area (Å²) in [7, 11) is 0. The van der Waals surface area contributed by atoms with Crippen LogP contribution in [-0.4, -0.2) is 27.8 Å². The summed E-state index contributed by atoms with van der Waals surface area (Å²) < 4.78 is 8.16. The maximum Gasteiger partial charge on any atom is 0.213 e. The van der Waals surface area contributed by atoms with Crippen LogP contribution in [-0.2, 0) is 11.3 Å². The molecular weight excluding hydrogens is 284 g/mol. The number of rotatable bonds is 3. The standard InChI is InChI=1S/C12H17BrN2O2/c1-3-15-10(9(13)8-14-15)11(16)12(2)6-4-5-7-17-12/h8H,3-7H2,1-2H3. The van der Waals surface area contributed by atoms with E-state index in [0.29, 0.717) is 18.8 Å². The molecule has 1 aliphatic rings. The third kappa shape index (κ3) is 2.31. The van der Waals surface area contributed by atoms with Gasteiger partial charge in [0.05, 0.1) is 10.7 Å². The monoisotopic (exact) mass is 300 g/mol. The van der Waals surface area contributed by atoms with Crippen molar-refractivity contribution < 1.29 is 9.53 Å². The van der Waals surface area contributed by atoms with E-state index in [4.69, 9.17) is 4.74 Å². The molecule has 2 heterocycles. The molecule has 4 nitrogen and oxygen atoms in total. The van der Waals surface area contributed by atoms with Gasteiger partial charge in [0.25, 0.3) is 0 Å². The molecule has 0 aromatic carbocycles. The number of halogens is 1. The fraction of sp³-hybridized carbons (Fsp3) is 0.667. The minimum Gasteiger partial charge on any atom is -0.367 e. The molecule has 0 aliphatic carbocycles. The third-order valence-corrected chi connectivity index (χ3v) is 3.84. The molecule has 17 heavy (non-hydrogen) atoms. The number of carbonyl (C=O) groups excluding carboxylic acids is 1. The number of ether oxygens (including phenoxy) is 1. The van der Waals surface area contributed by atoms with Gasteiger partial charge in [-0.2, -0.15) is 5.10 Å². The second-order valence-electron chi connectivity index (χ2n) is 4.52. The molecule has 1 unspecified atom stereocenters. The SMILES string of the molecule is CCn1ncc(Br)c1C(=O)C1(C)CCCCO1. The maximum atomic E-state index is 12.6. The Morgan fingerprint density at radius 1 is 1.65 bits per heavy atom. The number of hydrogen-bond acceptors (Lipinski definition) is 3. The van der Waals surface area contributed by atoms with Crippen molar-refractivity contribution in [2.24, 2.45) is 0 Å². The van der Waals surface area contributed by atoms with E-state index in [9.17, 15) is 4.79 Å². The van der Waals surface area contributed by atoms with E-state index in [1.54, 1.807) is 10.9 Å². The van der Waals surface area contributed by atoms with E-state index in [1.165, 1.54) is 0 Å². The molecule has 1 aromatic rings. The van der Waals surface area contributed by atoms with Gasteiger partial charge in [-0.1, -0.05) is 0 Å². The minimum absolute atomic E-state index is 0.0309. The molecule has 0 radical (unpaired) electrons. The van der Waals surface area contributed by atoms with Gasteiger partial charge in [-0.3, -0.25) is 9.48 Å². The van der Waals surface area contributed by atoms with Crippen molar-refractivity contribution in [3.05, 3.63) is 16.4 Å². The van der Waals surface area contributed by atoms with Crippen LogP contribution in [0.25, 0.3) is 0 Å². The largest absolute Gasteiger partial charge is 0.367 e. The molecule has 0 saturated carbocycles. The molecule has 1 aliphatic heterocycles. The van der Waals surface area contributed by atoms with Crippen molar-refractivity contribution >= 4 is 21.7 Å². The summed E-state index contributed by atoms with van der Waals surface area (Å²) >= 11 is 3.39. The fourth-order valence-electron chi connectivity index (χ4n) is 2.19. The first kappa shape index (κ1) is 12.8. The summed E-state index contributed by atoms with van der Waals surface area (Å²) in [5, 5.41) is 4.17. The zero-order valence-corrected chi connectivity index (χ0v) is 11.8. The van der Waals surface area contributed by atoms with Crippen LogP contribution in [0.3, 0.4) is 0 Å². The molecule has 94 valence electrons. The number of ketones is 1. The number of hydrogen-bond donors (Lipinski definition) is 0. The predicted octanol–water partition coefficient (Wildman–Crippen LogP) is 2.81. The smallest absolute Gasteiger partial charge is 0.213 e. The van der Waals surface area contributed by atoms with Gasteiger partial charge in [0.2, 0.25) is 5.78 Å². The summed E-state index contributed by atoms with van der Waals surface area (Å²) in [6, 6.07) is 0. The van der Waals surface area contributed by atoms with E-state index >= 15 is 0 Å². The summed E-state index contributed by atoms with van der Waals surface area (Å²) in [6.07, 6.45) is 4.54. The molecular formula is C12H17BrN2O2. The van der Waals surface area contributed by atoms with Gasteiger partial charge in [0.1, 0.15) is 11.3 Å². The molecule has 1 aromatic heterocycles. The molecule has 2 rings (SSSR count). The van der Waals surface area contributed by atoms with Gasteiger partial charge in [0.15, 0.2) is 0 Å². The Balaban J connectivity index is 2.32. The average molecular weight is 301 g/mol. The van der Waals surface area contributed by atoms with Gasteiger partial charge < -0.3 is 4.74 Å². The topological polar surface area (TPSA) is 44.1 Å². The summed E-state index contributed by atoms with van der Waals surface area (Å²) in [5.74, 6) is 0.0309. The zero-order valence-electron chi connectivity index (χ0n) is 10.2. The lowest BCUT2D eigenvalue weighted by Gasteiger charge is -2.32. The first-order chi connectivity index (χ1) is 8.08. The molecule has 0 bridgehead atoms. The lowest BCUT2D eigenvalue weighted by molar-refractivity contribution is -0.0432. The summed E-state index contributed by atoms with van der Waals surface area (Å²) in [6.45, 7) is 5.21. The van der Waals surface area contributed by atoms with Crippen LogP contribution < -0.4 is 0 Å². The summed E-state index contributed by atoms with van der Waals surface area (Å²) in [5.41, 5.74) is -0.0647. The Labute approximate surface area is 109 Å². The molecule has 5 heteroatoms. The number of nitrogens with zero attached hydrogens (tertiary/aromatic N) is 2. The highest BCUT2D eigenvalue weighted by molar-refractivity contribution is 9.10. The maximum absolute atomic E-state index is 12.6. The Kier molecular flexibility index (Phi) is 3.68. The average Bonchev–Trinajstić information content (AvgIpc) is 2.70. The van der Waals surface area contributed by atoms with Gasteiger partial charge in [-0.15, -0.1) is 0 Å². The minimum atomic E-state index is -0.687. The highest BCUT2D eigenvalue weighted by Crippen LogP contribution is 2.30. The van der Waals surface area contributed by atoms with Crippen LogP contribution in [0.4, 0.5) is 0 Å². The van der Waals surface area contributed by atoms with Gasteiger partial charge >= 0.3 is 0 Å². The number of aromatic nitrogens is 2. The Hall–Kier alpha value is -0.680. The quantitative estimate of drug-likeness (QED) is 0.806. The van der Waals surface area contributed by atoms with Crippen LogP contribution >= 0.6 is 15.9 Å². The van der Waals surface area contributed by atoms with E-state index in [0.717, 1.165) is 23.7 Å². The third-order valence-electron chi connectivity index (χ3n) is 3.26. The van der Waals surface area contributed by atoms with E-state index in [1.807, 2.05) is 13.8 Å². The van der Waals surface area contributed by atoms with E-state index in [2.05, 4.69) is 21.0 Å². The van der Waals surface area contributed by atoms with Crippen LogP contribution in [0.2, 0.25) is 0 Å². The number of carbonyl (C=O) groups is 1. The van der Waals surface area contributed by atoms with Gasteiger partial charge in [0, 0.05) is 13.2 Å². The second kappa shape index (κ2) is 4.90. The second-order valence-corrected chi connectivity index (χ2v) is 5.38. The van der Waals surface area contributed by atoms with Crippen molar-refractivity contribution in [1.29, 1.82) is 0 Å². The zero-order chi connectivity index (χ0) is 12.5. The van der Waals surface area contributed by atoms with Crippen LogP contribution in [0.1, 0.15) is 43.6 Å². The molecule has 1 fully saturated rings. The van der Waals surface area contributed by atoms with Gasteiger partial charge in [-0.25, -0.2) is 0 Å². The van der Waals surface area contributed by atoms with Crippen molar-refractivity contribution in [1.82, 2.24) is 9.78 Å². The fourth-order valence-corrected chi connectivity index (χ4v) is 2.67. The van der Waals surface area contributed by atoms with Gasteiger partial charge in [-0.05, 0) is 49.0 Å². The molecule has 0 amide bonds. The van der Waals surface area contributed by atoms with E-state index < -0.39 is 5.60 Å². The number of Topliss-reactive ketones (excluding diaryl/α,β-unsaturated/α-hetero) is 1. The highest BCUT2D eigenvalue weighted by Gasteiger charge is 2.39. The molecule has 1 atom stereocenters. The lowest BCUT2D eigenvalue weighted by atomic mass is 9.90.